The average molecular weight is 378 g/mol. The molecule has 1 amide bonds. The van der Waals surface area contributed by atoms with E-state index in [1.165, 1.54) is 36.6 Å². The van der Waals surface area contributed by atoms with Crippen molar-refractivity contribution in [3.63, 3.8) is 0 Å². The molecule has 1 aliphatic heterocycles. The number of carbonyl (C=O) groups excluding carboxylic acids is 1. The van der Waals surface area contributed by atoms with Crippen molar-refractivity contribution in [2.75, 3.05) is 36.5 Å². The van der Waals surface area contributed by atoms with Gasteiger partial charge in [-0.1, -0.05) is 0 Å². The van der Waals surface area contributed by atoms with Crippen molar-refractivity contribution in [3.05, 3.63) is 58.4 Å². The molecule has 1 aromatic carbocycles. The van der Waals surface area contributed by atoms with Crippen molar-refractivity contribution in [3.8, 4) is 5.75 Å². The lowest BCUT2D eigenvalue weighted by molar-refractivity contribution is -0.118. The molecule has 1 saturated heterocycles. The number of hydrogen-bond donors (Lipinski definition) is 1. The van der Waals surface area contributed by atoms with Gasteiger partial charge in [-0.2, -0.15) is 11.8 Å². The summed E-state index contributed by atoms with van der Waals surface area (Å²) in [7, 11) is 0. The van der Waals surface area contributed by atoms with Crippen molar-refractivity contribution in [1.82, 2.24) is 4.90 Å². The van der Waals surface area contributed by atoms with Crippen molar-refractivity contribution in [2.45, 2.75) is 6.54 Å². The van der Waals surface area contributed by atoms with Crippen LogP contribution >= 0.6 is 11.8 Å². The van der Waals surface area contributed by atoms with Crippen LogP contribution in [0.2, 0.25) is 0 Å². The van der Waals surface area contributed by atoms with Gasteiger partial charge in [0.05, 0.1) is 6.54 Å². The second-order valence-corrected chi connectivity index (χ2v) is 7.03. The van der Waals surface area contributed by atoms with Gasteiger partial charge in [-0.15, -0.1) is 0 Å². The van der Waals surface area contributed by atoms with E-state index in [2.05, 4.69) is 10.2 Å². The van der Waals surface area contributed by atoms with Gasteiger partial charge in [-0.05, 0) is 24.3 Å². The second kappa shape index (κ2) is 8.86. The van der Waals surface area contributed by atoms with E-state index in [1.807, 2.05) is 11.8 Å². The van der Waals surface area contributed by atoms with Crippen molar-refractivity contribution < 1.29 is 18.3 Å². The monoisotopic (exact) mass is 378 g/mol. The molecular weight excluding hydrogens is 359 g/mol. The molecule has 0 saturated carbocycles. The number of amides is 1. The van der Waals surface area contributed by atoms with E-state index in [-0.39, 0.29) is 23.6 Å². The van der Waals surface area contributed by atoms with Crippen LogP contribution in [0.3, 0.4) is 0 Å². The molecule has 1 fully saturated rings. The van der Waals surface area contributed by atoms with Crippen LogP contribution in [0.5, 0.6) is 5.75 Å². The maximum Gasteiger partial charge on any atom is 0.262 e. The Morgan fingerprint density at radius 3 is 2.69 bits per heavy atom. The smallest absolute Gasteiger partial charge is 0.262 e. The molecule has 8 heteroatoms. The standard InChI is InChI=1S/C18H19FN2O4S/c19-13-1-3-14(4-2-13)20-18(23)12-25-17-11-24-15(9-16(17)22)10-21-5-7-26-8-6-21/h1-4,9,11H,5-8,10,12H2,(H,20,23). The van der Waals surface area contributed by atoms with Gasteiger partial charge in [0.15, 0.2) is 6.61 Å². The first-order valence-electron chi connectivity index (χ1n) is 8.20. The van der Waals surface area contributed by atoms with Crippen molar-refractivity contribution >= 4 is 23.4 Å². The molecule has 1 aliphatic rings. The van der Waals surface area contributed by atoms with E-state index in [0.29, 0.717) is 18.0 Å². The lowest BCUT2D eigenvalue weighted by atomic mass is 10.3. The normalized spacial score (nSPS) is 14.8. The van der Waals surface area contributed by atoms with Crippen molar-refractivity contribution in [1.29, 1.82) is 0 Å². The number of halogens is 1. The topological polar surface area (TPSA) is 71.8 Å². The summed E-state index contributed by atoms with van der Waals surface area (Å²) in [5, 5.41) is 2.55. The van der Waals surface area contributed by atoms with Crippen LogP contribution in [-0.2, 0) is 11.3 Å². The Hall–Kier alpha value is -2.32. The number of thioether (sulfide) groups is 1. The predicted molar refractivity (Wildman–Crippen MR) is 98.1 cm³/mol. The molecule has 138 valence electrons. The fraction of sp³-hybridized carbons (Fsp3) is 0.333. The molecule has 6 nitrogen and oxygen atoms in total. The van der Waals surface area contributed by atoms with Crippen molar-refractivity contribution in [2.24, 2.45) is 0 Å². The third-order valence-corrected chi connectivity index (χ3v) is 4.76. The van der Waals surface area contributed by atoms with Gasteiger partial charge in [0, 0.05) is 36.3 Å². The molecule has 2 heterocycles. The van der Waals surface area contributed by atoms with E-state index in [0.717, 1.165) is 24.6 Å². The minimum absolute atomic E-state index is 0.0165. The van der Waals surface area contributed by atoms with E-state index >= 15 is 0 Å². The largest absolute Gasteiger partial charge is 0.477 e. The number of nitrogens with one attached hydrogen (secondary N) is 1. The summed E-state index contributed by atoms with van der Waals surface area (Å²) in [5.74, 6) is 1.87. The molecule has 1 N–H and O–H groups in total. The summed E-state index contributed by atoms with van der Waals surface area (Å²) in [6.45, 7) is 2.18. The Labute approximate surface area is 154 Å². The van der Waals surface area contributed by atoms with Crippen LogP contribution in [0, 0.1) is 5.82 Å². The first-order valence-corrected chi connectivity index (χ1v) is 9.36. The number of hydrogen-bond acceptors (Lipinski definition) is 6. The highest BCUT2D eigenvalue weighted by Gasteiger charge is 2.14. The molecule has 2 aromatic rings. The number of benzene rings is 1. The van der Waals surface area contributed by atoms with Gasteiger partial charge in [-0.3, -0.25) is 14.5 Å². The zero-order chi connectivity index (χ0) is 18.4. The molecule has 0 radical (unpaired) electrons. The van der Waals surface area contributed by atoms with Gasteiger partial charge < -0.3 is 14.5 Å². The third-order valence-electron chi connectivity index (χ3n) is 3.82. The lowest BCUT2D eigenvalue weighted by Crippen LogP contribution is -2.32. The molecule has 3 rings (SSSR count). The summed E-state index contributed by atoms with van der Waals surface area (Å²) in [5.41, 5.74) is 0.120. The van der Waals surface area contributed by atoms with Crippen LogP contribution in [0.15, 0.2) is 45.8 Å². The van der Waals surface area contributed by atoms with Gasteiger partial charge >= 0.3 is 0 Å². The Kier molecular flexibility index (Phi) is 6.30. The quantitative estimate of drug-likeness (QED) is 0.832. The molecule has 26 heavy (non-hydrogen) atoms. The zero-order valence-corrected chi connectivity index (χ0v) is 14.9. The maximum atomic E-state index is 12.8. The Morgan fingerprint density at radius 1 is 1.27 bits per heavy atom. The van der Waals surface area contributed by atoms with Gasteiger partial charge in [0.1, 0.15) is 17.8 Å². The number of carbonyl (C=O) groups is 1. The summed E-state index contributed by atoms with van der Waals surface area (Å²) in [4.78, 5) is 26.2. The number of nitrogens with zero attached hydrogens (tertiary/aromatic N) is 1. The molecule has 0 bridgehead atoms. The molecular formula is C18H19FN2O4S. The minimum Gasteiger partial charge on any atom is -0.477 e. The van der Waals surface area contributed by atoms with Gasteiger partial charge in [0.2, 0.25) is 11.2 Å². The zero-order valence-electron chi connectivity index (χ0n) is 14.1. The maximum absolute atomic E-state index is 12.8. The molecule has 0 unspecified atom stereocenters. The first-order chi connectivity index (χ1) is 12.6. The summed E-state index contributed by atoms with van der Waals surface area (Å²) in [6.07, 6.45) is 1.24. The van der Waals surface area contributed by atoms with Crippen LogP contribution in [-0.4, -0.2) is 42.0 Å². The summed E-state index contributed by atoms with van der Waals surface area (Å²) < 4.78 is 23.5. The van der Waals surface area contributed by atoms with E-state index in [1.54, 1.807) is 0 Å². The van der Waals surface area contributed by atoms with E-state index < -0.39 is 5.91 Å². The minimum atomic E-state index is -0.453. The summed E-state index contributed by atoms with van der Waals surface area (Å²) in [6, 6.07) is 6.76. The Morgan fingerprint density at radius 2 is 2.00 bits per heavy atom. The van der Waals surface area contributed by atoms with Crippen LogP contribution < -0.4 is 15.5 Å². The summed E-state index contributed by atoms with van der Waals surface area (Å²) >= 11 is 1.91. The first kappa shape index (κ1) is 18.5. The third kappa shape index (κ3) is 5.34. The van der Waals surface area contributed by atoms with E-state index in [9.17, 15) is 14.0 Å². The fourth-order valence-electron chi connectivity index (χ4n) is 2.48. The SMILES string of the molecule is O=C(COc1coc(CN2CCSCC2)cc1=O)Nc1ccc(F)cc1. The van der Waals surface area contributed by atoms with E-state index in [4.69, 9.17) is 9.15 Å². The molecule has 0 aliphatic carbocycles. The highest BCUT2D eigenvalue weighted by molar-refractivity contribution is 7.99. The highest BCUT2D eigenvalue weighted by atomic mass is 32.2. The number of anilines is 1. The highest BCUT2D eigenvalue weighted by Crippen LogP contribution is 2.14. The number of rotatable bonds is 6. The average Bonchev–Trinajstić information content (AvgIpc) is 2.64. The fourth-order valence-corrected chi connectivity index (χ4v) is 3.46. The number of ether oxygens (including phenoxy) is 1. The lowest BCUT2D eigenvalue weighted by Gasteiger charge is -2.25. The Balaban J connectivity index is 1.52. The van der Waals surface area contributed by atoms with Crippen LogP contribution in [0.25, 0.3) is 0 Å². The predicted octanol–water partition coefficient (Wildman–Crippen LogP) is 2.35. The Bertz CT molecular complexity index is 804. The van der Waals surface area contributed by atoms with Crippen LogP contribution in [0.1, 0.15) is 5.76 Å². The van der Waals surface area contributed by atoms with Gasteiger partial charge in [-0.25, -0.2) is 4.39 Å². The van der Waals surface area contributed by atoms with Gasteiger partial charge in [0.25, 0.3) is 5.91 Å². The molecule has 0 spiro atoms. The van der Waals surface area contributed by atoms with Crippen LogP contribution in [0.4, 0.5) is 10.1 Å². The molecule has 1 aromatic heterocycles. The second-order valence-electron chi connectivity index (χ2n) is 5.81. The molecule has 0 atom stereocenters.